The maximum absolute atomic E-state index is 12.5. The van der Waals surface area contributed by atoms with Gasteiger partial charge in [0.05, 0.1) is 38.4 Å². The molecule has 1 atom stereocenters. The fraction of sp³-hybridized carbons (Fsp3) is 0.667. The third kappa shape index (κ3) is 5.95. The maximum atomic E-state index is 12.5. The lowest BCUT2D eigenvalue weighted by atomic mass is 9.97. The van der Waals surface area contributed by atoms with Crippen molar-refractivity contribution in [2.24, 2.45) is 5.92 Å². The standard InChI is InChI=1S/C19H27F2N6O.C2H6/c1-27(11-13-3-6-28-7-4-13)5-2-15-16(12-27)22-10-19(23-15)24-18-9-14(25-26-18)8-17(20)21;1-2/h9-10,13,17H,2-8,11-12H2,1H3,(H2,23,24,25,26);1-2H3/q+1;. The number of quaternary nitrogens is 1. The van der Waals surface area contributed by atoms with Gasteiger partial charge in [0.25, 0.3) is 0 Å². The van der Waals surface area contributed by atoms with Crippen LogP contribution in [0.2, 0.25) is 0 Å². The van der Waals surface area contributed by atoms with Gasteiger partial charge in [0.1, 0.15) is 18.1 Å². The predicted molar refractivity (Wildman–Crippen MR) is 112 cm³/mol. The fourth-order valence-corrected chi connectivity index (χ4v) is 4.20. The van der Waals surface area contributed by atoms with Crippen molar-refractivity contribution in [3.05, 3.63) is 29.3 Å². The molecule has 1 fully saturated rings. The second-order valence-electron chi connectivity index (χ2n) is 8.14. The number of aromatic nitrogens is 4. The van der Waals surface area contributed by atoms with Crippen LogP contribution in [0.15, 0.2) is 12.3 Å². The Hall–Kier alpha value is -2.13. The first-order valence-electron chi connectivity index (χ1n) is 10.8. The Morgan fingerprint density at radius 3 is 2.73 bits per heavy atom. The molecule has 0 amide bonds. The molecule has 0 aromatic carbocycles. The highest BCUT2D eigenvalue weighted by atomic mass is 19.3. The van der Waals surface area contributed by atoms with Crippen LogP contribution in [0.5, 0.6) is 0 Å². The quantitative estimate of drug-likeness (QED) is 0.693. The van der Waals surface area contributed by atoms with Crippen LogP contribution < -0.4 is 5.32 Å². The van der Waals surface area contributed by atoms with Crippen molar-refractivity contribution in [3.63, 3.8) is 0 Å². The number of anilines is 2. The number of H-pyrrole nitrogens is 1. The molecule has 1 unspecified atom stereocenters. The Kier molecular flexibility index (Phi) is 7.71. The Balaban J connectivity index is 0.00000124. The molecule has 0 aliphatic carbocycles. The third-order valence-electron chi connectivity index (χ3n) is 5.65. The summed E-state index contributed by atoms with van der Waals surface area (Å²) in [7, 11) is 2.31. The zero-order valence-corrected chi connectivity index (χ0v) is 18.1. The average Bonchev–Trinajstić information content (AvgIpc) is 3.16. The lowest BCUT2D eigenvalue weighted by molar-refractivity contribution is -0.928. The zero-order chi connectivity index (χ0) is 21.6. The number of ether oxygens (including phenoxy) is 1. The number of fused-ring (bicyclic) bond motifs is 1. The van der Waals surface area contributed by atoms with E-state index in [0.29, 0.717) is 17.3 Å². The van der Waals surface area contributed by atoms with Gasteiger partial charge in [-0.2, -0.15) is 5.10 Å². The first-order valence-corrected chi connectivity index (χ1v) is 10.8. The lowest BCUT2D eigenvalue weighted by Crippen LogP contribution is -2.51. The van der Waals surface area contributed by atoms with Crippen LogP contribution in [0.3, 0.4) is 0 Å². The van der Waals surface area contributed by atoms with Crippen molar-refractivity contribution in [2.45, 2.75) is 52.5 Å². The van der Waals surface area contributed by atoms with Gasteiger partial charge in [-0.15, -0.1) is 0 Å². The zero-order valence-electron chi connectivity index (χ0n) is 18.1. The summed E-state index contributed by atoms with van der Waals surface area (Å²) in [6, 6.07) is 1.58. The van der Waals surface area contributed by atoms with Gasteiger partial charge in [-0.25, -0.2) is 18.7 Å². The van der Waals surface area contributed by atoms with E-state index in [0.717, 1.165) is 73.9 Å². The van der Waals surface area contributed by atoms with Gasteiger partial charge < -0.3 is 14.5 Å². The minimum Gasteiger partial charge on any atom is -0.381 e. The second kappa shape index (κ2) is 10.3. The molecule has 2 aliphatic rings. The average molecular weight is 424 g/mol. The summed E-state index contributed by atoms with van der Waals surface area (Å²) in [5.41, 5.74) is 2.45. The van der Waals surface area contributed by atoms with Crippen LogP contribution in [-0.2, 0) is 24.1 Å². The van der Waals surface area contributed by atoms with Gasteiger partial charge in [0, 0.05) is 37.3 Å². The summed E-state index contributed by atoms with van der Waals surface area (Å²) in [4.78, 5) is 9.32. The summed E-state index contributed by atoms with van der Waals surface area (Å²) in [6.45, 7) is 8.85. The molecule has 166 valence electrons. The Labute approximate surface area is 176 Å². The Morgan fingerprint density at radius 2 is 2.00 bits per heavy atom. The molecular weight excluding hydrogens is 390 g/mol. The van der Waals surface area contributed by atoms with E-state index in [9.17, 15) is 8.78 Å². The highest BCUT2D eigenvalue weighted by Gasteiger charge is 2.33. The molecule has 2 N–H and O–H groups in total. The molecule has 4 heterocycles. The highest BCUT2D eigenvalue weighted by molar-refractivity contribution is 5.51. The molecule has 2 aromatic rings. The molecule has 0 saturated carbocycles. The maximum Gasteiger partial charge on any atom is 0.244 e. The molecule has 4 rings (SSSR count). The number of alkyl halides is 2. The Bertz CT molecular complexity index is 809. The van der Waals surface area contributed by atoms with E-state index in [4.69, 9.17) is 4.74 Å². The minimum absolute atomic E-state index is 0.339. The molecule has 2 aliphatic heterocycles. The topological polar surface area (TPSA) is 75.7 Å². The minimum atomic E-state index is -2.40. The largest absolute Gasteiger partial charge is 0.381 e. The van der Waals surface area contributed by atoms with Gasteiger partial charge in [0.15, 0.2) is 5.82 Å². The van der Waals surface area contributed by atoms with Crippen molar-refractivity contribution in [2.75, 3.05) is 38.7 Å². The number of rotatable bonds is 6. The molecule has 7 nitrogen and oxygen atoms in total. The van der Waals surface area contributed by atoms with E-state index >= 15 is 0 Å². The number of nitrogens with zero attached hydrogens (tertiary/aromatic N) is 4. The van der Waals surface area contributed by atoms with Gasteiger partial charge in [-0.05, 0) is 12.8 Å². The van der Waals surface area contributed by atoms with Crippen molar-refractivity contribution < 1.29 is 18.0 Å². The first-order chi connectivity index (χ1) is 14.5. The smallest absolute Gasteiger partial charge is 0.244 e. The van der Waals surface area contributed by atoms with Crippen LogP contribution in [0.1, 0.15) is 43.8 Å². The molecule has 2 aromatic heterocycles. The number of hydrogen-bond donors (Lipinski definition) is 2. The molecular formula is C21H33F2N6O+. The summed E-state index contributed by atoms with van der Waals surface area (Å²) >= 11 is 0. The third-order valence-corrected chi connectivity index (χ3v) is 5.65. The molecule has 30 heavy (non-hydrogen) atoms. The summed E-state index contributed by atoms with van der Waals surface area (Å²) in [6.07, 6.45) is 2.14. The number of aromatic amines is 1. The van der Waals surface area contributed by atoms with E-state index in [1.165, 1.54) is 0 Å². The van der Waals surface area contributed by atoms with E-state index in [2.05, 4.69) is 32.5 Å². The van der Waals surface area contributed by atoms with Gasteiger partial charge in [-0.3, -0.25) is 5.10 Å². The van der Waals surface area contributed by atoms with E-state index in [1.54, 1.807) is 12.3 Å². The first kappa shape index (κ1) is 22.6. The number of hydrogen-bond acceptors (Lipinski definition) is 5. The van der Waals surface area contributed by atoms with Crippen LogP contribution in [0.4, 0.5) is 20.4 Å². The van der Waals surface area contributed by atoms with Crippen LogP contribution in [0.25, 0.3) is 0 Å². The van der Waals surface area contributed by atoms with Crippen LogP contribution in [0, 0.1) is 5.92 Å². The van der Waals surface area contributed by atoms with Crippen molar-refractivity contribution in [1.29, 1.82) is 0 Å². The van der Waals surface area contributed by atoms with E-state index in [1.807, 2.05) is 13.8 Å². The predicted octanol–water partition coefficient (Wildman–Crippen LogP) is 3.71. The molecule has 0 radical (unpaired) electrons. The summed E-state index contributed by atoms with van der Waals surface area (Å²) < 4.78 is 31.4. The second-order valence-corrected chi connectivity index (χ2v) is 8.14. The van der Waals surface area contributed by atoms with Crippen molar-refractivity contribution >= 4 is 11.6 Å². The molecule has 9 heteroatoms. The number of likely N-dealkylation sites (N-methyl/N-ethyl adjacent to an activating group) is 1. The van der Waals surface area contributed by atoms with Crippen LogP contribution in [-0.4, -0.2) is 64.4 Å². The SMILES string of the molecule is CC.C[N+]1(CC2CCOCC2)CCc2nc(Nc3cc(CC(F)F)[nH]n3)cnc2C1. The summed E-state index contributed by atoms with van der Waals surface area (Å²) in [5, 5.41) is 9.69. The van der Waals surface area contributed by atoms with Gasteiger partial charge in [-0.1, -0.05) is 13.8 Å². The number of halogens is 2. The van der Waals surface area contributed by atoms with Crippen molar-refractivity contribution in [1.82, 2.24) is 20.2 Å². The van der Waals surface area contributed by atoms with Crippen LogP contribution >= 0.6 is 0 Å². The lowest BCUT2D eigenvalue weighted by Gasteiger charge is -2.40. The Morgan fingerprint density at radius 1 is 1.23 bits per heavy atom. The van der Waals surface area contributed by atoms with E-state index < -0.39 is 6.43 Å². The normalized spacial score (nSPS) is 21.7. The fourth-order valence-electron chi connectivity index (χ4n) is 4.20. The van der Waals surface area contributed by atoms with E-state index in [-0.39, 0.29) is 6.42 Å². The van der Waals surface area contributed by atoms with Gasteiger partial charge >= 0.3 is 0 Å². The molecule has 0 bridgehead atoms. The van der Waals surface area contributed by atoms with Crippen molar-refractivity contribution in [3.8, 4) is 0 Å². The van der Waals surface area contributed by atoms with Gasteiger partial charge in [0.2, 0.25) is 6.43 Å². The highest BCUT2D eigenvalue weighted by Crippen LogP contribution is 2.27. The molecule has 1 saturated heterocycles. The monoisotopic (exact) mass is 423 g/mol. The summed E-state index contributed by atoms with van der Waals surface area (Å²) in [5.74, 6) is 1.78. The molecule has 0 spiro atoms. The number of nitrogens with one attached hydrogen (secondary N) is 2.